The second kappa shape index (κ2) is 14.1. The lowest BCUT2D eigenvalue weighted by Crippen LogP contribution is -2.39. The van der Waals surface area contributed by atoms with Crippen molar-refractivity contribution in [1.82, 2.24) is 20.2 Å². The van der Waals surface area contributed by atoms with E-state index in [1.165, 1.54) is 6.42 Å². The molecule has 2 N–H and O–H groups in total. The topological polar surface area (TPSA) is 63.5 Å². The fourth-order valence-electron chi connectivity index (χ4n) is 1.67. The van der Waals surface area contributed by atoms with Gasteiger partial charge in [-0.05, 0) is 12.8 Å². The van der Waals surface area contributed by atoms with Crippen LogP contribution in [0.15, 0.2) is 23.7 Å². The molecule has 0 aliphatic heterocycles. The molecule has 1 rings (SSSR count). The number of hydrogen-bond donors (Lipinski definition) is 2. The molecule has 122 valence electrons. The Morgan fingerprint density at radius 1 is 1.24 bits per heavy atom. The molecule has 0 spiro atoms. The Morgan fingerprint density at radius 2 is 2.00 bits per heavy atom. The molecule has 7 heteroatoms. The van der Waals surface area contributed by atoms with Crippen molar-refractivity contribution in [3.05, 3.63) is 18.7 Å². The summed E-state index contributed by atoms with van der Waals surface area (Å²) in [5.41, 5.74) is 0. The molecular weight excluding hydrogens is 381 g/mol. The van der Waals surface area contributed by atoms with Crippen LogP contribution in [0.3, 0.4) is 0 Å². The van der Waals surface area contributed by atoms with Crippen molar-refractivity contribution in [3.8, 4) is 0 Å². The van der Waals surface area contributed by atoms with Gasteiger partial charge in [-0.25, -0.2) is 4.98 Å². The number of unbranched alkanes of at least 4 members (excludes halogenated alkanes) is 1. The van der Waals surface area contributed by atoms with Crippen LogP contribution < -0.4 is 10.6 Å². The van der Waals surface area contributed by atoms with Crippen LogP contribution in [-0.4, -0.2) is 48.9 Å². The summed E-state index contributed by atoms with van der Waals surface area (Å²) < 4.78 is 7.54. The van der Waals surface area contributed by atoms with Crippen LogP contribution in [0.4, 0.5) is 0 Å². The average Bonchev–Trinajstić information content (AvgIpc) is 2.97. The average molecular weight is 409 g/mol. The number of imidazole rings is 1. The van der Waals surface area contributed by atoms with E-state index in [4.69, 9.17) is 4.74 Å². The highest BCUT2D eigenvalue weighted by Gasteiger charge is 1.97. The first-order valence-electron chi connectivity index (χ1n) is 7.34. The number of guanidine groups is 1. The molecule has 0 amide bonds. The lowest BCUT2D eigenvalue weighted by molar-refractivity contribution is 0.129. The van der Waals surface area contributed by atoms with E-state index in [0.29, 0.717) is 0 Å². The highest BCUT2D eigenvalue weighted by molar-refractivity contribution is 14.0. The van der Waals surface area contributed by atoms with Gasteiger partial charge in [-0.15, -0.1) is 24.0 Å². The summed E-state index contributed by atoms with van der Waals surface area (Å²) in [6, 6.07) is 0. The normalized spacial score (nSPS) is 11.0. The number of ether oxygens (including phenoxy) is 1. The minimum absolute atomic E-state index is 0. The molecule has 0 aliphatic rings. The van der Waals surface area contributed by atoms with E-state index in [2.05, 4.69) is 27.5 Å². The van der Waals surface area contributed by atoms with Gasteiger partial charge in [0, 0.05) is 52.3 Å². The van der Waals surface area contributed by atoms with Crippen molar-refractivity contribution >= 4 is 29.9 Å². The summed E-state index contributed by atoms with van der Waals surface area (Å²) >= 11 is 0. The highest BCUT2D eigenvalue weighted by Crippen LogP contribution is 1.89. The number of nitrogens with one attached hydrogen (secondary N) is 2. The van der Waals surface area contributed by atoms with Crippen molar-refractivity contribution in [1.29, 1.82) is 0 Å². The predicted octanol–water partition coefficient (Wildman–Crippen LogP) is 1.87. The standard InChI is InChI=1S/C14H27N5O.HI/c1-3-4-11-20-12-5-6-17-14(15-2)18-8-10-19-9-7-16-13-19;/h7,9,13H,3-6,8,10-12H2,1-2H3,(H2,15,17,18);1H. The monoisotopic (exact) mass is 409 g/mol. The van der Waals surface area contributed by atoms with Crippen LogP contribution in [0.2, 0.25) is 0 Å². The van der Waals surface area contributed by atoms with Crippen molar-refractivity contribution in [2.75, 3.05) is 33.4 Å². The maximum absolute atomic E-state index is 5.51. The Kier molecular flexibility index (Phi) is 13.6. The number of halogens is 1. The third-order valence-corrected chi connectivity index (χ3v) is 2.85. The minimum atomic E-state index is 0. The summed E-state index contributed by atoms with van der Waals surface area (Å²) in [6.07, 6.45) is 8.87. The minimum Gasteiger partial charge on any atom is -0.381 e. The molecule has 0 unspecified atom stereocenters. The molecule has 6 nitrogen and oxygen atoms in total. The van der Waals surface area contributed by atoms with Crippen LogP contribution in [0.25, 0.3) is 0 Å². The lowest BCUT2D eigenvalue weighted by atomic mass is 10.4. The van der Waals surface area contributed by atoms with Gasteiger partial charge in [-0.3, -0.25) is 4.99 Å². The summed E-state index contributed by atoms with van der Waals surface area (Å²) in [7, 11) is 1.78. The van der Waals surface area contributed by atoms with E-state index < -0.39 is 0 Å². The predicted molar refractivity (Wildman–Crippen MR) is 97.4 cm³/mol. The third kappa shape index (κ3) is 10.5. The van der Waals surface area contributed by atoms with Crippen LogP contribution in [0.1, 0.15) is 26.2 Å². The largest absolute Gasteiger partial charge is 0.381 e. The zero-order valence-corrected chi connectivity index (χ0v) is 15.4. The SMILES string of the molecule is CCCCOCCCNC(=NC)NCCn1ccnc1.I. The van der Waals surface area contributed by atoms with Gasteiger partial charge in [-0.1, -0.05) is 13.3 Å². The molecule has 0 saturated carbocycles. The molecule has 0 fully saturated rings. The Bertz CT molecular complexity index is 356. The lowest BCUT2D eigenvalue weighted by Gasteiger charge is -2.12. The molecule has 0 aromatic carbocycles. The quantitative estimate of drug-likeness (QED) is 0.268. The molecule has 0 saturated heterocycles. The van der Waals surface area contributed by atoms with Gasteiger partial charge >= 0.3 is 0 Å². The summed E-state index contributed by atoms with van der Waals surface area (Å²) in [5.74, 6) is 0.832. The molecular formula is C14H28IN5O. The first-order valence-corrected chi connectivity index (χ1v) is 7.34. The molecule has 0 radical (unpaired) electrons. The van der Waals surface area contributed by atoms with Gasteiger partial charge < -0.3 is 19.9 Å². The number of rotatable bonds is 10. The number of hydrogen-bond acceptors (Lipinski definition) is 3. The Balaban J connectivity index is 0.00000400. The second-order valence-electron chi connectivity index (χ2n) is 4.55. The van der Waals surface area contributed by atoms with Crippen molar-refractivity contribution in [2.45, 2.75) is 32.7 Å². The first kappa shape index (κ1) is 20.2. The third-order valence-electron chi connectivity index (χ3n) is 2.85. The van der Waals surface area contributed by atoms with Crippen LogP contribution in [-0.2, 0) is 11.3 Å². The zero-order chi connectivity index (χ0) is 14.5. The van der Waals surface area contributed by atoms with Gasteiger partial charge in [0.25, 0.3) is 0 Å². The molecule has 21 heavy (non-hydrogen) atoms. The van der Waals surface area contributed by atoms with Crippen molar-refractivity contribution < 1.29 is 4.74 Å². The number of nitrogens with zero attached hydrogens (tertiary/aromatic N) is 3. The molecule has 1 aromatic heterocycles. The molecule has 1 heterocycles. The Morgan fingerprint density at radius 3 is 2.67 bits per heavy atom. The fourth-order valence-corrected chi connectivity index (χ4v) is 1.67. The van der Waals surface area contributed by atoms with Gasteiger partial charge in [0.05, 0.1) is 6.33 Å². The summed E-state index contributed by atoms with van der Waals surface area (Å²) in [4.78, 5) is 8.19. The zero-order valence-electron chi connectivity index (χ0n) is 13.0. The Hall–Kier alpha value is -0.830. The van der Waals surface area contributed by atoms with E-state index >= 15 is 0 Å². The highest BCUT2D eigenvalue weighted by atomic mass is 127. The molecule has 0 aliphatic carbocycles. The van der Waals surface area contributed by atoms with E-state index in [1.807, 2.05) is 17.1 Å². The first-order chi connectivity index (χ1) is 9.86. The van der Waals surface area contributed by atoms with Crippen molar-refractivity contribution in [2.24, 2.45) is 4.99 Å². The number of aromatic nitrogens is 2. The number of aliphatic imine (C=N–C) groups is 1. The van der Waals surface area contributed by atoms with Gasteiger partial charge in [0.15, 0.2) is 5.96 Å². The van der Waals surface area contributed by atoms with Crippen LogP contribution in [0.5, 0.6) is 0 Å². The van der Waals surface area contributed by atoms with Gasteiger partial charge in [-0.2, -0.15) is 0 Å². The maximum Gasteiger partial charge on any atom is 0.191 e. The molecule has 0 atom stereocenters. The van der Waals surface area contributed by atoms with E-state index in [1.54, 1.807) is 13.2 Å². The van der Waals surface area contributed by atoms with Gasteiger partial charge in [0.1, 0.15) is 0 Å². The van der Waals surface area contributed by atoms with Crippen molar-refractivity contribution in [3.63, 3.8) is 0 Å². The van der Waals surface area contributed by atoms with Crippen LogP contribution >= 0.6 is 24.0 Å². The molecule has 0 bridgehead atoms. The van der Waals surface area contributed by atoms with E-state index in [0.717, 1.165) is 51.6 Å². The second-order valence-corrected chi connectivity index (χ2v) is 4.55. The summed E-state index contributed by atoms with van der Waals surface area (Å²) in [6.45, 7) is 6.42. The molecule has 1 aromatic rings. The van der Waals surface area contributed by atoms with Crippen LogP contribution in [0, 0.1) is 0 Å². The maximum atomic E-state index is 5.51. The van der Waals surface area contributed by atoms with E-state index in [9.17, 15) is 0 Å². The van der Waals surface area contributed by atoms with Gasteiger partial charge in [0.2, 0.25) is 0 Å². The van der Waals surface area contributed by atoms with E-state index in [-0.39, 0.29) is 24.0 Å². The summed E-state index contributed by atoms with van der Waals surface area (Å²) in [5, 5.41) is 6.54. The fraction of sp³-hybridized carbons (Fsp3) is 0.714. The Labute approximate surface area is 144 Å². The smallest absolute Gasteiger partial charge is 0.191 e.